The summed E-state index contributed by atoms with van der Waals surface area (Å²) in [7, 11) is 2.24. The molecule has 1 aromatic carbocycles. The predicted molar refractivity (Wildman–Crippen MR) is 113 cm³/mol. The Morgan fingerprint density at radius 2 is 1.85 bits per heavy atom. The number of likely N-dealkylation sites (tertiary alicyclic amines) is 1. The highest BCUT2D eigenvalue weighted by atomic mass is 16.5. The second-order valence-electron chi connectivity index (χ2n) is 8.54. The molecule has 4 nitrogen and oxygen atoms in total. The Balaban J connectivity index is 1.39. The van der Waals surface area contributed by atoms with Crippen LogP contribution in [0, 0.1) is 0 Å². The number of unbranched alkanes of at least 4 members (excludes halogenated alkanes) is 1. The molecule has 0 saturated carbocycles. The molecule has 0 radical (unpaired) electrons. The van der Waals surface area contributed by atoms with Gasteiger partial charge in [-0.3, -0.25) is 4.90 Å². The Kier molecular flexibility index (Phi) is 8.43. The fourth-order valence-corrected chi connectivity index (χ4v) is 4.44. The van der Waals surface area contributed by atoms with E-state index >= 15 is 0 Å². The Labute approximate surface area is 166 Å². The lowest BCUT2D eigenvalue weighted by atomic mass is 10.1. The third kappa shape index (κ3) is 7.10. The van der Waals surface area contributed by atoms with E-state index in [0.717, 1.165) is 31.9 Å². The molecule has 4 heteroatoms. The molecule has 0 unspecified atom stereocenters. The first-order chi connectivity index (χ1) is 13.2. The van der Waals surface area contributed by atoms with Crippen molar-refractivity contribution >= 4 is 0 Å². The van der Waals surface area contributed by atoms with Crippen LogP contribution in [-0.4, -0.2) is 73.7 Å². The van der Waals surface area contributed by atoms with Gasteiger partial charge in [0, 0.05) is 25.7 Å². The molecule has 0 bridgehead atoms. The Bertz CT molecular complexity index is 544. The normalized spacial score (nSPS) is 23.3. The van der Waals surface area contributed by atoms with Crippen molar-refractivity contribution in [2.75, 3.05) is 52.9 Å². The van der Waals surface area contributed by atoms with Crippen LogP contribution in [0.5, 0.6) is 5.75 Å². The van der Waals surface area contributed by atoms with Gasteiger partial charge in [-0.25, -0.2) is 0 Å². The molecule has 2 fully saturated rings. The van der Waals surface area contributed by atoms with Crippen molar-refractivity contribution in [1.82, 2.24) is 14.7 Å². The summed E-state index contributed by atoms with van der Waals surface area (Å²) in [5.41, 5.74) is 1.37. The highest BCUT2D eigenvalue weighted by Gasteiger charge is 2.19. The molecule has 2 saturated heterocycles. The van der Waals surface area contributed by atoms with Crippen LogP contribution in [0.15, 0.2) is 24.3 Å². The molecule has 0 aromatic heterocycles. The number of rotatable bonds is 8. The second kappa shape index (κ2) is 11.0. The van der Waals surface area contributed by atoms with Crippen LogP contribution in [0.3, 0.4) is 0 Å². The number of benzene rings is 1. The van der Waals surface area contributed by atoms with Crippen LogP contribution < -0.4 is 4.74 Å². The van der Waals surface area contributed by atoms with Crippen LogP contribution in [-0.2, 0) is 6.54 Å². The van der Waals surface area contributed by atoms with E-state index in [1.54, 1.807) is 0 Å². The van der Waals surface area contributed by atoms with Gasteiger partial charge in [0.2, 0.25) is 0 Å². The van der Waals surface area contributed by atoms with Crippen LogP contribution in [0.4, 0.5) is 0 Å². The minimum Gasteiger partial charge on any atom is -0.494 e. The molecule has 1 aromatic rings. The smallest absolute Gasteiger partial charge is 0.119 e. The minimum absolute atomic E-state index is 0.608. The first-order valence-electron chi connectivity index (χ1n) is 11.1. The lowest BCUT2D eigenvalue weighted by Crippen LogP contribution is -2.37. The van der Waals surface area contributed by atoms with Gasteiger partial charge in [0.05, 0.1) is 6.61 Å². The zero-order valence-corrected chi connectivity index (χ0v) is 17.5. The Morgan fingerprint density at radius 1 is 1.00 bits per heavy atom. The molecular weight excluding hydrogens is 334 g/mol. The SMILES string of the molecule is C[C@H]1CN(C)CCCN1Cc1cccc(OCCCCN2CCCCC2)c1. The lowest BCUT2D eigenvalue weighted by Gasteiger charge is -2.28. The second-order valence-corrected chi connectivity index (χ2v) is 8.54. The van der Waals surface area contributed by atoms with Crippen molar-refractivity contribution in [2.45, 2.75) is 58.0 Å². The highest BCUT2D eigenvalue weighted by molar-refractivity contribution is 5.28. The monoisotopic (exact) mass is 373 g/mol. The Hall–Kier alpha value is -1.10. The molecular formula is C23H39N3O. The van der Waals surface area contributed by atoms with Gasteiger partial charge < -0.3 is 14.5 Å². The maximum absolute atomic E-state index is 6.05. The topological polar surface area (TPSA) is 19.0 Å². The summed E-state index contributed by atoms with van der Waals surface area (Å²) in [5, 5.41) is 0. The van der Waals surface area contributed by atoms with E-state index in [4.69, 9.17) is 4.74 Å². The average Bonchev–Trinajstić information content (AvgIpc) is 2.83. The van der Waals surface area contributed by atoms with Crippen molar-refractivity contribution in [1.29, 1.82) is 0 Å². The minimum atomic E-state index is 0.608. The summed E-state index contributed by atoms with van der Waals surface area (Å²) in [4.78, 5) is 7.68. The molecule has 1 atom stereocenters. The van der Waals surface area contributed by atoms with Crippen molar-refractivity contribution in [3.05, 3.63) is 29.8 Å². The van der Waals surface area contributed by atoms with Gasteiger partial charge in [0.15, 0.2) is 0 Å². The first-order valence-corrected chi connectivity index (χ1v) is 11.1. The molecule has 2 aliphatic heterocycles. The van der Waals surface area contributed by atoms with Gasteiger partial charge >= 0.3 is 0 Å². The summed E-state index contributed by atoms with van der Waals surface area (Å²) in [6.07, 6.45) is 7.84. The van der Waals surface area contributed by atoms with Gasteiger partial charge in [0.1, 0.15) is 5.75 Å². The number of ether oxygens (including phenoxy) is 1. The first kappa shape index (κ1) is 20.6. The fraction of sp³-hybridized carbons (Fsp3) is 0.739. The summed E-state index contributed by atoms with van der Waals surface area (Å²) in [6, 6.07) is 9.34. The van der Waals surface area contributed by atoms with E-state index in [2.05, 4.69) is 52.9 Å². The molecule has 0 amide bonds. The quantitative estimate of drug-likeness (QED) is 0.644. The number of hydrogen-bond acceptors (Lipinski definition) is 4. The maximum Gasteiger partial charge on any atom is 0.119 e. The fourth-order valence-electron chi connectivity index (χ4n) is 4.44. The van der Waals surface area contributed by atoms with E-state index in [1.165, 1.54) is 70.4 Å². The van der Waals surface area contributed by atoms with Crippen molar-refractivity contribution < 1.29 is 4.74 Å². The van der Waals surface area contributed by atoms with Gasteiger partial charge in [0.25, 0.3) is 0 Å². The van der Waals surface area contributed by atoms with Gasteiger partial charge in [-0.1, -0.05) is 18.6 Å². The largest absolute Gasteiger partial charge is 0.494 e. The molecule has 0 aliphatic carbocycles. The van der Waals surface area contributed by atoms with Gasteiger partial charge in [-0.05, 0) is 90.0 Å². The third-order valence-electron chi connectivity index (χ3n) is 6.05. The summed E-state index contributed by atoms with van der Waals surface area (Å²) < 4.78 is 6.05. The maximum atomic E-state index is 6.05. The summed E-state index contributed by atoms with van der Waals surface area (Å²) in [5.74, 6) is 1.03. The van der Waals surface area contributed by atoms with Gasteiger partial charge in [-0.2, -0.15) is 0 Å². The molecule has 2 heterocycles. The van der Waals surface area contributed by atoms with E-state index in [1.807, 2.05) is 0 Å². The van der Waals surface area contributed by atoms with E-state index in [9.17, 15) is 0 Å². The average molecular weight is 374 g/mol. The van der Waals surface area contributed by atoms with Crippen LogP contribution in [0.25, 0.3) is 0 Å². The zero-order chi connectivity index (χ0) is 18.9. The van der Waals surface area contributed by atoms with Crippen molar-refractivity contribution in [2.24, 2.45) is 0 Å². The third-order valence-corrected chi connectivity index (χ3v) is 6.05. The molecule has 0 N–H and O–H groups in total. The highest BCUT2D eigenvalue weighted by Crippen LogP contribution is 2.18. The van der Waals surface area contributed by atoms with Crippen LogP contribution in [0.2, 0.25) is 0 Å². The zero-order valence-electron chi connectivity index (χ0n) is 17.5. The van der Waals surface area contributed by atoms with Gasteiger partial charge in [-0.15, -0.1) is 0 Å². The molecule has 3 rings (SSSR count). The molecule has 27 heavy (non-hydrogen) atoms. The predicted octanol–water partition coefficient (Wildman–Crippen LogP) is 3.86. The molecule has 0 spiro atoms. The van der Waals surface area contributed by atoms with Crippen LogP contribution >= 0.6 is 0 Å². The Morgan fingerprint density at radius 3 is 2.70 bits per heavy atom. The number of hydrogen-bond donors (Lipinski definition) is 0. The molecule has 152 valence electrons. The summed E-state index contributed by atoms with van der Waals surface area (Å²) in [6.45, 7) is 11.6. The standard InChI is InChI=1S/C23H39N3O/c1-21-19-24(2)12-9-16-26(21)20-22-10-8-11-23(18-22)27-17-7-6-15-25-13-4-3-5-14-25/h8,10-11,18,21H,3-7,9,12-17,19-20H2,1-2H3/t21-/m0/s1. The number of nitrogens with zero attached hydrogens (tertiary/aromatic N) is 3. The molecule has 2 aliphatic rings. The van der Waals surface area contributed by atoms with E-state index in [-0.39, 0.29) is 0 Å². The van der Waals surface area contributed by atoms with Crippen molar-refractivity contribution in [3.8, 4) is 5.75 Å². The van der Waals surface area contributed by atoms with E-state index < -0.39 is 0 Å². The number of likely N-dealkylation sites (N-methyl/N-ethyl adjacent to an activating group) is 1. The van der Waals surface area contributed by atoms with Crippen LogP contribution in [0.1, 0.15) is 51.0 Å². The lowest BCUT2D eigenvalue weighted by molar-refractivity contribution is 0.194. The van der Waals surface area contributed by atoms with E-state index in [0.29, 0.717) is 6.04 Å². The summed E-state index contributed by atoms with van der Waals surface area (Å²) >= 11 is 0. The number of piperidine rings is 1. The van der Waals surface area contributed by atoms with Crippen molar-refractivity contribution in [3.63, 3.8) is 0 Å².